The average Bonchev–Trinajstić information content (AvgIpc) is 3.65. The van der Waals surface area contributed by atoms with E-state index in [1.165, 1.54) is 11.1 Å². The van der Waals surface area contributed by atoms with Gasteiger partial charge >= 0.3 is 0 Å². The maximum Gasteiger partial charge on any atom is 0.264 e. The highest BCUT2D eigenvalue weighted by Crippen LogP contribution is 2.60. The summed E-state index contributed by atoms with van der Waals surface area (Å²) in [4.78, 5) is 28.0. The lowest BCUT2D eigenvalue weighted by Crippen LogP contribution is -2.46. The molecule has 2 N–H and O–H groups in total. The van der Waals surface area contributed by atoms with Gasteiger partial charge in [-0.25, -0.2) is 0 Å². The molecule has 1 amide bonds. The number of ether oxygens (including phenoxy) is 1. The van der Waals surface area contributed by atoms with Crippen molar-refractivity contribution in [2.24, 2.45) is 5.92 Å². The van der Waals surface area contributed by atoms with Crippen molar-refractivity contribution < 1.29 is 19.4 Å². The molecule has 0 radical (unpaired) electrons. The number of aliphatic hydroxyl groups is 1. The number of allylic oxidation sites excluding steroid dienone is 3. The van der Waals surface area contributed by atoms with Crippen LogP contribution in [0.3, 0.4) is 0 Å². The van der Waals surface area contributed by atoms with Crippen LogP contribution in [0, 0.1) is 5.92 Å². The Bertz CT molecular complexity index is 1600. The minimum atomic E-state index is -2.82. The van der Waals surface area contributed by atoms with E-state index >= 15 is 0 Å². The lowest BCUT2D eigenvalue weighted by molar-refractivity contribution is -0.145. The molecule has 2 aliphatic heterocycles. The summed E-state index contributed by atoms with van der Waals surface area (Å²) in [6.07, 6.45) is 8.28. The predicted molar refractivity (Wildman–Crippen MR) is 185 cm³/mol. The highest BCUT2D eigenvalue weighted by Gasteiger charge is 2.66. The van der Waals surface area contributed by atoms with Crippen molar-refractivity contribution in [1.29, 1.82) is 0 Å². The predicted octanol–water partition coefficient (Wildman–Crippen LogP) is 6.98. The molecule has 2 aliphatic rings. The van der Waals surface area contributed by atoms with Crippen molar-refractivity contribution in [3.8, 4) is 0 Å². The number of hydrogen-bond donors (Lipinski definition) is 2. The van der Waals surface area contributed by atoms with Gasteiger partial charge < -0.3 is 19.5 Å². The largest absolute Gasteiger partial charge is 0.432 e. The quantitative estimate of drug-likeness (QED) is 0.160. The van der Waals surface area contributed by atoms with Crippen LogP contribution in [-0.4, -0.2) is 58.4 Å². The van der Waals surface area contributed by atoms with E-state index in [0.717, 1.165) is 29.7 Å². The van der Waals surface area contributed by atoms with Crippen LogP contribution in [-0.2, 0) is 21.7 Å². The van der Waals surface area contributed by atoms with Gasteiger partial charge in [-0.15, -0.1) is 5.10 Å². The van der Waals surface area contributed by atoms with Gasteiger partial charge in [0.15, 0.2) is 13.9 Å². The van der Waals surface area contributed by atoms with Gasteiger partial charge in [-0.3, -0.25) is 9.48 Å². The fourth-order valence-electron chi connectivity index (χ4n) is 7.34. The maximum atomic E-state index is 14.6. The Hall–Kier alpha value is -3.08. The Labute approximate surface area is 278 Å². The molecule has 0 saturated carbocycles. The van der Waals surface area contributed by atoms with Crippen LogP contribution in [0.1, 0.15) is 69.7 Å². The number of fused-ring (bicyclic) bond motifs is 2. The second-order valence-electron chi connectivity index (χ2n) is 13.6. The number of carbonyl (C=O) groups excluding carboxylic acids is 1. The topological polar surface area (TPSA) is 101 Å². The molecule has 1 fully saturated rings. The fraction of sp³-hybridized carbons (Fsp3) is 0.472. The summed E-state index contributed by atoms with van der Waals surface area (Å²) in [5.74, 6) is -0.649. The molecule has 1 unspecified atom stereocenters. The molecule has 0 bridgehead atoms. The van der Waals surface area contributed by atoms with Crippen molar-refractivity contribution in [3.05, 3.63) is 99.9 Å². The van der Waals surface area contributed by atoms with Gasteiger partial charge in [0.25, 0.3) is 5.91 Å². The van der Waals surface area contributed by atoms with Gasteiger partial charge in [0.1, 0.15) is 0 Å². The van der Waals surface area contributed by atoms with Crippen molar-refractivity contribution in [3.63, 3.8) is 0 Å². The molecule has 1 spiro atoms. The van der Waals surface area contributed by atoms with E-state index in [0.29, 0.717) is 30.2 Å². The molecular formula is C36H47ClN4O4Si. The summed E-state index contributed by atoms with van der Waals surface area (Å²) in [6, 6.07) is 15.4. The molecule has 0 aliphatic carbocycles. The number of aromatic nitrogens is 3. The maximum absolute atomic E-state index is 14.6. The normalized spacial score (nSPS) is 23.7. The average molecular weight is 663 g/mol. The molecule has 1 aromatic heterocycles. The zero-order valence-corrected chi connectivity index (χ0v) is 29.5. The summed E-state index contributed by atoms with van der Waals surface area (Å²) in [7, 11) is -2.82. The first-order valence-electron chi connectivity index (χ1n) is 16.2. The summed E-state index contributed by atoms with van der Waals surface area (Å²) in [6.45, 7) is 13.1. The number of benzene rings is 2. The molecule has 246 valence electrons. The minimum absolute atomic E-state index is 0.0778. The molecular weight excluding hydrogens is 616 g/mol. The van der Waals surface area contributed by atoms with Crippen LogP contribution >= 0.6 is 11.6 Å². The molecule has 10 heteroatoms. The Morgan fingerprint density at radius 3 is 2.57 bits per heavy atom. The third-order valence-corrected chi connectivity index (χ3v) is 12.3. The highest BCUT2D eigenvalue weighted by molar-refractivity contribution is 6.71. The van der Waals surface area contributed by atoms with Crippen molar-refractivity contribution in [1.82, 2.24) is 15.0 Å². The van der Waals surface area contributed by atoms with Crippen LogP contribution in [0.25, 0.3) is 0 Å². The lowest BCUT2D eigenvalue weighted by atomic mass is 9.82. The van der Waals surface area contributed by atoms with E-state index in [9.17, 15) is 14.7 Å². The number of rotatable bonds is 12. The van der Waals surface area contributed by atoms with Crippen LogP contribution in [0.4, 0.5) is 5.69 Å². The highest BCUT2D eigenvalue weighted by atomic mass is 35.5. The van der Waals surface area contributed by atoms with Gasteiger partial charge in [-0.2, -0.15) is 0 Å². The summed E-state index contributed by atoms with van der Waals surface area (Å²) >= 11 is 6.55. The zero-order chi connectivity index (χ0) is 33.2. The van der Waals surface area contributed by atoms with Gasteiger partial charge in [0.2, 0.25) is 0 Å². The Kier molecular flexibility index (Phi) is 10.4. The van der Waals surface area contributed by atoms with E-state index in [4.69, 9.17) is 16.3 Å². The smallest absolute Gasteiger partial charge is 0.264 e. The number of anilines is 1. The monoisotopic (exact) mass is 662 g/mol. The number of hydrogen-bond acceptors (Lipinski definition) is 6. The van der Waals surface area contributed by atoms with E-state index < -0.39 is 13.9 Å². The van der Waals surface area contributed by atoms with E-state index in [2.05, 4.69) is 43.2 Å². The first-order valence-corrected chi connectivity index (χ1v) is 19.6. The number of aliphatic hydroxyl groups excluding tert-OH is 1. The van der Waals surface area contributed by atoms with E-state index in [1.54, 1.807) is 4.68 Å². The standard InChI is InChI=1S/C36H47ClN4O4Si/c1-24(2)11-10-12-25(3)17-20-41-32-16-15-28(37)21-30(32)36(35(41)43)26(4)34(46(5,6)44)33(45-36)18-19-40-22-31(38-39-40)29(23-42)27-13-8-7-9-14-27/h7-9,11,13-17,21-22,26,29,33-34,42,44H,10,12,18-20,23H2,1-6H3/b25-17+/t26-,29?,33+,34-,36+/m0/s1. The van der Waals surface area contributed by atoms with Gasteiger partial charge in [-0.05, 0) is 76.9 Å². The number of aryl methyl sites for hydroxylation is 1. The first-order chi connectivity index (χ1) is 21.9. The van der Waals surface area contributed by atoms with Crippen molar-refractivity contribution in [2.75, 3.05) is 18.1 Å². The molecule has 3 heterocycles. The van der Waals surface area contributed by atoms with Gasteiger partial charge in [-0.1, -0.05) is 77.4 Å². The molecule has 3 aromatic rings. The second-order valence-corrected chi connectivity index (χ2v) is 18.1. The van der Waals surface area contributed by atoms with Crippen molar-refractivity contribution >= 4 is 31.5 Å². The van der Waals surface area contributed by atoms with Crippen LogP contribution in [0.5, 0.6) is 0 Å². The third kappa shape index (κ3) is 6.80. The molecule has 1 saturated heterocycles. The molecule has 5 atom stereocenters. The van der Waals surface area contributed by atoms with E-state index in [-0.39, 0.29) is 36.0 Å². The zero-order valence-electron chi connectivity index (χ0n) is 27.8. The summed E-state index contributed by atoms with van der Waals surface area (Å²) < 4.78 is 8.71. The summed E-state index contributed by atoms with van der Waals surface area (Å²) in [5.41, 5.74) is 4.32. The minimum Gasteiger partial charge on any atom is -0.432 e. The van der Waals surface area contributed by atoms with Gasteiger partial charge in [0.05, 0.1) is 30.0 Å². The Morgan fingerprint density at radius 1 is 1.15 bits per heavy atom. The number of amides is 1. The second kappa shape index (κ2) is 14.0. The Balaban J connectivity index is 1.41. The molecule has 2 aromatic carbocycles. The van der Waals surface area contributed by atoms with Crippen molar-refractivity contribution in [2.45, 2.75) is 89.8 Å². The lowest BCUT2D eigenvalue weighted by Gasteiger charge is -2.32. The summed E-state index contributed by atoms with van der Waals surface area (Å²) in [5, 5.41) is 19.4. The SMILES string of the molecule is CC(C)=CCC/C(C)=C/CN1C(=O)[C@]2(O[C@H](CCn3cc(C(CO)c4ccccc4)nn3)[C@@H]([Si](C)(C)O)[C@@H]2C)c2cc(Cl)ccc21. The molecule has 5 rings (SSSR count). The number of carbonyl (C=O) groups is 1. The first kappa shape index (κ1) is 34.3. The van der Waals surface area contributed by atoms with Crippen LogP contribution in [0.2, 0.25) is 23.7 Å². The Morgan fingerprint density at radius 2 is 1.89 bits per heavy atom. The molecule has 8 nitrogen and oxygen atoms in total. The van der Waals surface area contributed by atoms with E-state index in [1.807, 2.05) is 79.6 Å². The fourth-order valence-corrected chi connectivity index (χ4v) is 10.1. The molecule has 46 heavy (non-hydrogen) atoms. The third-order valence-electron chi connectivity index (χ3n) is 9.60. The van der Waals surface area contributed by atoms with Crippen LogP contribution < -0.4 is 4.90 Å². The van der Waals surface area contributed by atoms with Gasteiger partial charge in [0, 0.05) is 41.3 Å². The van der Waals surface area contributed by atoms with Crippen LogP contribution in [0.15, 0.2) is 78.0 Å². The number of halogens is 1. The number of nitrogens with zero attached hydrogens (tertiary/aromatic N) is 4.